The summed E-state index contributed by atoms with van der Waals surface area (Å²) in [7, 11) is 1.92. The van der Waals surface area contributed by atoms with E-state index in [-0.39, 0.29) is 5.91 Å². The molecule has 0 bridgehead atoms. The van der Waals surface area contributed by atoms with Gasteiger partial charge in [0.2, 0.25) is 5.91 Å². The predicted molar refractivity (Wildman–Crippen MR) is 67.3 cm³/mol. The Kier molecular flexibility index (Phi) is 4.31. The van der Waals surface area contributed by atoms with Crippen molar-refractivity contribution in [3.63, 3.8) is 0 Å². The standard InChI is InChI=1S/C12H19N3O/c1-9(2)15(3)8-12(16)14-11-6-4-10(13)5-7-11/h4-7,9H,8,13H2,1-3H3,(H,14,16). The first-order valence-electron chi connectivity index (χ1n) is 5.34. The van der Waals surface area contributed by atoms with Crippen molar-refractivity contribution in [2.75, 3.05) is 24.6 Å². The Morgan fingerprint density at radius 3 is 2.44 bits per heavy atom. The predicted octanol–water partition coefficient (Wildman–Crippen LogP) is 1.55. The van der Waals surface area contributed by atoms with E-state index >= 15 is 0 Å². The normalized spacial score (nSPS) is 10.8. The summed E-state index contributed by atoms with van der Waals surface area (Å²) < 4.78 is 0. The summed E-state index contributed by atoms with van der Waals surface area (Å²) >= 11 is 0. The van der Waals surface area contributed by atoms with Gasteiger partial charge in [0.1, 0.15) is 0 Å². The summed E-state index contributed by atoms with van der Waals surface area (Å²) in [6, 6.07) is 7.48. The van der Waals surface area contributed by atoms with Gasteiger partial charge in [-0.15, -0.1) is 0 Å². The number of nitrogens with two attached hydrogens (primary N) is 1. The van der Waals surface area contributed by atoms with Crippen LogP contribution in [0.5, 0.6) is 0 Å². The summed E-state index contributed by atoms with van der Waals surface area (Å²) in [5, 5.41) is 2.82. The Hall–Kier alpha value is -1.55. The number of nitrogens with zero attached hydrogens (tertiary/aromatic N) is 1. The number of hydrogen-bond donors (Lipinski definition) is 2. The van der Waals surface area contributed by atoms with Crippen molar-refractivity contribution >= 4 is 17.3 Å². The van der Waals surface area contributed by atoms with Gasteiger partial charge in [0, 0.05) is 17.4 Å². The average Bonchev–Trinajstić information content (AvgIpc) is 2.21. The largest absolute Gasteiger partial charge is 0.399 e. The maximum absolute atomic E-state index is 11.6. The zero-order chi connectivity index (χ0) is 12.1. The number of hydrogen-bond acceptors (Lipinski definition) is 3. The van der Waals surface area contributed by atoms with Crippen LogP contribution in [0, 0.1) is 0 Å². The van der Waals surface area contributed by atoms with Crippen LogP contribution in [-0.4, -0.2) is 30.4 Å². The van der Waals surface area contributed by atoms with Crippen LogP contribution in [0.25, 0.3) is 0 Å². The summed E-state index contributed by atoms with van der Waals surface area (Å²) in [6.07, 6.45) is 0. The molecule has 16 heavy (non-hydrogen) atoms. The molecule has 0 spiro atoms. The van der Waals surface area contributed by atoms with Gasteiger partial charge in [-0.25, -0.2) is 0 Å². The molecule has 4 heteroatoms. The van der Waals surface area contributed by atoms with Crippen LogP contribution < -0.4 is 11.1 Å². The fourth-order valence-electron chi connectivity index (χ4n) is 1.18. The molecule has 4 nitrogen and oxygen atoms in total. The van der Waals surface area contributed by atoms with E-state index in [0.717, 1.165) is 5.69 Å². The van der Waals surface area contributed by atoms with E-state index in [1.807, 2.05) is 11.9 Å². The van der Waals surface area contributed by atoms with E-state index in [9.17, 15) is 4.79 Å². The third-order valence-corrected chi connectivity index (χ3v) is 2.47. The first kappa shape index (κ1) is 12.5. The molecule has 0 saturated carbocycles. The Labute approximate surface area is 96.4 Å². The van der Waals surface area contributed by atoms with E-state index in [1.54, 1.807) is 24.3 Å². The molecule has 0 atom stereocenters. The van der Waals surface area contributed by atoms with Crippen LogP contribution in [0.1, 0.15) is 13.8 Å². The second-order valence-corrected chi connectivity index (χ2v) is 4.18. The SMILES string of the molecule is CC(C)N(C)CC(=O)Nc1ccc(N)cc1. The molecule has 0 heterocycles. The molecular weight excluding hydrogens is 202 g/mol. The third kappa shape index (κ3) is 3.90. The number of anilines is 2. The highest BCUT2D eigenvalue weighted by Crippen LogP contribution is 2.10. The van der Waals surface area contributed by atoms with Gasteiger partial charge >= 0.3 is 0 Å². The fourth-order valence-corrected chi connectivity index (χ4v) is 1.18. The van der Waals surface area contributed by atoms with E-state index < -0.39 is 0 Å². The van der Waals surface area contributed by atoms with Crippen LogP contribution in [0.15, 0.2) is 24.3 Å². The number of rotatable bonds is 4. The lowest BCUT2D eigenvalue weighted by molar-refractivity contribution is -0.117. The lowest BCUT2D eigenvalue weighted by Crippen LogP contribution is -2.34. The van der Waals surface area contributed by atoms with Crippen molar-refractivity contribution in [3.8, 4) is 0 Å². The third-order valence-electron chi connectivity index (χ3n) is 2.47. The van der Waals surface area contributed by atoms with Crippen molar-refractivity contribution in [2.45, 2.75) is 19.9 Å². The number of likely N-dealkylation sites (N-methyl/N-ethyl adjacent to an activating group) is 1. The molecule has 0 aromatic heterocycles. The number of benzene rings is 1. The van der Waals surface area contributed by atoms with Crippen molar-refractivity contribution in [2.24, 2.45) is 0 Å². The van der Waals surface area contributed by atoms with E-state index in [0.29, 0.717) is 18.3 Å². The zero-order valence-corrected chi connectivity index (χ0v) is 10.0. The smallest absolute Gasteiger partial charge is 0.238 e. The van der Waals surface area contributed by atoms with Crippen LogP contribution >= 0.6 is 0 Å². The van der Waals surface area contributed by atoms with Crippen molar-refractivity contribution in [3.05, 3.63) is 24.3 Å². The summed E-state index contributed by atoms with van der Waals surface area (Å²) in [4.78, 5) is 13.6. The Bertz CT molecular complexity index is 346. The van der Waals surface area contributed by atoms with Crippen LogP contribution in [-0.2, 0) is 4.79 Å². The van der Waals surface area contributed by atoms with Gasteiger partial charge in [0.25, 0.3) is 0 Å². The maximum atomic E-state index is 11.6. The van der Waals surface area contributed by atoms with Gasteiger partial charge in [-0.2, -0.15) is 0 Å². The van der Waals surface area contributed by atoms with Crippen molar-refractivity contribution in [1.82, 2.24) is 4.90 Å². The average molecular weight is 221 g/mol. The Morgan fingerprint density at radius 1 is 1.38 bits per heavy atom. The van der Waals surface area contributed by atoms with E-state index in [1.165, 1.54) is 0 Å². The molecule has 88 valence electrons. The lowest BCUT2D eigenvalue weighted by atomic mass is 10.3. The van der Waals surface area contributed by atoms with Gasteiger partial charge in [-0.05, 0) is 45.2 Å². The molecule has 3 N–H and O–H groups in total. The van der Waals surface area contributed by atoms with Crippen LogP contribution in [0.4, 0.5) is 11.4 Å². The summed E-state index contributed by atoms with van der Waals surface area (Å²) in [5.41, 5.74) is 7.02. The van der Waals surface area contributed by atoms with Gasteiger partial charge in [-0.1, -0.05) is 0 Å². The minimum Gasteiger partial charge on any atom is -0.399 e. The van der Waals surface area contributed by atoms with E-state index in [2.05, 4.69) is 19.2 Å². The molecule has 0 saturated heterocycles. The first-order valence-corrected chi connectivity index (χ1v) is 5.34. The monoisotopic (exact) mass is 221 g/mol. The maximum Gasteiger partial charge on any atom is 0.238 e. The Morgan fingerprint density at radius 2 is 1.94 bits per heavy atom. The van der Waals surface area contributed by atoms with Gasteiger partial charge in [0.05, 0.1) is 6.54 Å². The van der Waals surface area contributed by atoms with Gasteiger partial charge < -0.3 is 11.1 Å². The van der Waals surface area contributed by atoms with Crippen molar-refractivity contribution in [1.29, 1.82) is 0 Å². The number of carbonyl (C=O) groups excluding carboxylic acids is 1. The molecule has 1 rings (SSSR count). The van der Waals surface area contributed by atoms with Gasteiger partial charge in [-0.3, -0.25) is 9.69 Å². The molecule has 0 aliphatic carbocycles. The molecule has 1 aromatic carbocycles. The van der Waals surface area contributed by atoms with Crippen LogP contribution in [0.2, 0.25) is 0 Å². The lowest BCUT2D eigenvalue weighted by Gasteiger charge is -2.20. The summed E-state index contributed by atoms with van der Waals surface area (Å²) in [5.74, 6) is -0.0130. The minimum atomic E-state index is -0.0130. The molecule has 0 fully saturated rings. The number of nitrogen functional groups attached to an aromatic ring is 1. The molecule has 0 radical (unpaired) electrons. The molecule has 0 aliphatic heterocycles. The zero-order valence-electron chi connectivity index (χ0n) is 10.0. The highest BCUT2D eigenvalue weighted by molar-refractivity contribution is 5.92. The molecular formula is C12H19N3O. The minimum absolute atomic E-state index is 0.0130. The summed E-state index contributed by atoms with van der Waals surface area (Å²) in [6.45, 7) is 4.50. The molecule has 0 aliphatic rings. The number of nitrogens with one attached hydrogen (secondary N) is 1. The molecule has 1 aromatic rings. The fraction of sp³-hybridized carbons (Fsp3) is 0.417. The highest BCUT2D eigenvalue weighted by atomic mass is 16.2. The first-order chi connectivity index (χ1) is 7.49. The molecule has 0 unspecified atom stereocenters. The van der Waals surface area contributed by atoms with Gasteiger partial charge in [0.15, 0.2) is 0 Å². The highest BCUT2D eigenvalue weighted by Gasteiger charge is 2.09. The van der Waals surface area contributed by atoms with Crippen LogP contribution in [0.3, 0.4) is 0 Å². The Balaban J connectivity index is 2.48. The number of carbonyl (C=O) groups is 1. The second kappa shape index (κ2) is 5.51. The topological polar surface area (TPSA) is 58.4 Å². The number of amides is 1. The van der Waals surface area contributed by atoms with E-state index in [4.69, 9.17) is 5.73 Å². The quantitative estimate of drug-likeness (QED) is 0.758. The van der Waals surface area contributed by atoms with Crippen molar-refractivity contribution < 1.29 is 4.79 Å². The second-order valence-electron chi connectivity index (χ2n) is 4.18. The molecule has 1 amide bonds.